The summed E-state index contributed by atoms with van der Waals surface area (Å²) in [6.07, 6.45) is 3.41. The number of hydrogen-bond acceptors (Lipinski definition) is 4. The van der Waals surface area contributed by atoms with Crippen LogP contribution < -0.4 is 10.5 Å². The van der Waals surface area contributed by atoms with Crippen molar-refractivity contribution in [3.05, 3.63) is 14.8 Å². The second-order valence-electron chi connectivity index (χ2n) is 3.57. The minimum atomic E-state index is -0.344. The number of aromatic nitrogens is 2. The van der Waals surface area contributed by atoms with Crippen LogP contribution in [0.2, 0.25) is 0 Å². The second-order valence-corrected chi connectivity index (χ2v) is 4.37. The molecule has 0 aromatic carbocycles. The molecule has 0 bridgehead atoms. The lowest BCUT2D eigenvalue weighted by atomic mass is 10.1. The molecule has 5 nitrogen and oxygen atoms in total. The molecule has 0 spiro atoms. The number of H-pyrrole nitrogens is 1. The van der Waals surface area contributed by atoms with Crippen molar-refractivity contribution < 1.29 is 5.11 Å². The Morgan fingerprint density at radius 2 is 2.00 bits per heavy atom. The van der Waals surface area contributed by atoms with Crippen molar-refractivity contribution in [3.8, 4) is 5.88 Å². The minimum absolute atomic E-state index is 0.0864. The van der Waals surface area contributed by atoms with E-state index in [-0.39, 0.29) is 15.9 Å². The van der Waals surface area contributed by atoms with Gasteiger partial charge in [-0.05, 0) is 35.2 Å². The molecule has 2 heterocycles. The Morgan fingerprint density at radius 3 is 2.60 bits per heavy atom. The third-order valence-corrected chi connectivity index (χ3v) is 3.20. The molecule has 0 unspecified atom stereocenters. The van der Waals surface area contributed by atoms with Gasteiger partial charge in [0.05, 0.1) is 0 Å². The molecule has 1 aliphatic rings. The monoisotopic (exact) mass is 273 g/mol. The molecule has 1 aromatic heterocycles. The summed E-state index contributed by atoms with van der Waals surface area (Å²) < 4.78 is 0.0864. The van der Waals surface area contributed by atoms with Crippen LogP contribution in [0.3, 0.4) is 0 Å². The Bertz CT molecular complexity index is 412. The standard InChI is InChI=1S/C9H12BrN3O2/c10-6-7(14)11-9(12-8(6)15)13-4-2-1-3-5-13/h1-5H2,(H2,11,12,14,15). The lowest BCUT2D eigenvalue weighted by molar-refractivity contribution is 0.445. The summed E-state index contributed by atoms with van der Waals surface area (Å²) >= 11 is 2.96. The molecule has 6 heteroatoms. The normalized spacial score (nSPS) is 16.7. The van der Waals surface area contributed by atoms with Crippen LogP contribution in [0.25, 0.3) is 0 Å². The summed E-state index contributed by atoms with van der Waals surface area (Å²) in [7, 11) is 0. The Labute approximate surface area is 95.3 Å². The molecular formula is C9H12BrN3O2. The zero-order valence-corrected chi connectivity index (χ0v) is 9.75. The van der Waals surface area contributed by atoms with E-state index < -0.39 is 0 Å². The topological polar surface area (TPSA) is 69.2 Å². The van der Waals surface area contributed by atoms with E-state index in [1.54, 1.807) is 0 Å². The summed E-state index contributed by atoms with van der Waals surface area (Å²) in [6.45, 7) is 1.76. The maximum Gasteiger partial charge on any atom is 0.270 e. The van der Waals surface area contributed by atoms with Crippen LogP contribution in [-0.2, 0) is 0 Å². The average molecular weight is 274 g/mol. The quantitative estimate of drug-likeness (QED) is 0.808. The molecule has 15 heavy (non-hydrogen) atoms. The first kappa shape index (κ1) is 10.5. The number of aromatic hydroxyl groups is 1. The molecule has 1 aromatic rings. The number of halogens is 1. The molecule has 1 aliphatic heterocycles. The van der Waals surface area contributed by atoms with Crippen molar-refractivity contribution in [1.82, 2.24) is 9.97 Å². The van der Waals surface area contributed by atoms with Gasteiger partial charge in [-0.3, -0.25) is 9.78 Å². The molecule has 82 valence electrons. The van der Waals surface area contributed by atoms with Crippen LogP contribution in [0.5, 0.6) is 5.88 Å². The van der Waals surface area contributed by atoms with Gasteiger partial charge in [-0.25, -0.2) is 0 Å². The van der Waals surface area contributed by atoms with E-state index in [0.29, 0.717) is 5.95 Å². The van der Waals surface area contributed by atoms with Gasteiger partial charge in [-0.1, -0.05) is 0 Å². The van der Waals surface area contributed by atoms with Crippen molar-refractivity contribution >= 4 is 21.9 Å². The highest BCUT2D eigenvalue weighted by molar-refractivity contribution is 9.10. The van der Waals surface area contributed by atoms with Gasteiger partial charge in [-0.2, -0.15) is 4.98 Å². The van der Waals surface area contributed by atoms with Crippen molar-refractivity contribution in [1.29, 1.82) is 0 Å². The van der Waals surface area contributed by atoms with E-state index in [1.807, 2.05) is 4.90 Å². The van der Waals surface area contributed by atoms with Gasteiger partial charge in [0.2, 0.25) is 11.8 Å². The number of aromatic amines is 1. The van der Waals surface area contributed by atoms with Crippen LogP contribution in [0.4, 0.5) is 5.95 Å². The summed E-state index contributed by atoms with van der Waals surface area (Å²) in [6, 6.07) is 0. The van der Waals surface area contributed by atoms with Gasteiger partial charge in [0.25, 0.3) is 5.56 Å². The highest BCUT2D eigenvalue weighted by Crippen LogP contribution is 2.20. The fourth-order valence-electron chi connectivity index (χ4n) is 1.69. The van der Waals surface area contributed by atoms with Gasteiger partial charge in [0.15, 0.2) is 0 Å². The first-order chi connectivity index (χ1) is 7.18. The number of nitrogens with zero attached hydrogens (tertiary/aromatic N) is 2. The van der Waals surface area contributed by atoms with E-state index in [1.165, 1.54) is 6.42 Å². The molecule has 2 N–H and O–H groups in total. The average Bonchev–Trinajstić information content (AvgIpc) is 2.26. The van der Waals surface area contributed by atoms with Crippen molar-refractivity contribution in [3.63, 3.8) is 0 Å². The zero-order valence-electron chi connectivity index (χ0n) is 8.16. The van der Waals surface area contributed by atoms with Gasteiger partial charge < -0.3 is 10.0 Å². The van der Waals surface area contributed by atoms with Crippen molar-refractivity contribution in [2.75, 3.05) is 18.0 Å². The largest absolute Gasteiger partial charge is 0.492 e. The molecule has 0 amide bonds. The minimum Gasteiger partial charge on any atom is -0.492 e. The lowest BCUT2D eigenvalue weighted by Crippen LogP contribution is -2.32. The van der Waals surface area contributed by atoms with Gasteiger partial charge in [0.1, 0.15) is 4.47 Å². The predicted octanol–water partition coefficient (Wildman–Crippen LogP) is 1.23. The van der Waals surface area contributed by atoms with E-state index in [0.717, 1.165) is 25.9 Å². The Balaban J connectivity index is 2.32. The van der Waals surface area contributed by atoms with Crippen LogP contribution in [0, 0.1) is 0 Å². The zero-order chi connectivity index (χ0) is 10.8. The number of hydrogen-bond donors (Lipinski definition) is 2. The van der Waals surface area contributed by atoms with E-state index in [2.05, 4.69) is 25.9 Å². The van der Waals surface area contributed by atoms with E-state index >= 15 is 0 Å². The third-order valence-electron chi connectivity index (χ3n) is 2.49. The molecule has 0 atom stereocenters. The highest BCUT2D eigenvalue weighted by Gasteiger charge is 2.15. The first-order valence-corrected chi connectivity index (χ1v) is 5.71. The van der Waals surface area contributed by atoms with Gasteiger partial charge in [-0.15, -0.1) is 0 Å². The number of piperidine rings is 1. The summed E-state index contributed by atoms with van der Waals surface area (Å²) in [4.78, 5) is 19.9. The summed E-state index contributed by atoms with van der Waals surface area (Å²) in [5.74, 6) is 0.208. The maximum atomic E-state index is 11.4. The molecule has 0 aliphatic carbocycles. The van der Waals surface area contributed by atoms with Crippen molar-refractivity contribution in [2.24, 2.45) is 0 Å². The smallest absolute Gasteiger partial charge is 0.270 e. The second kappa shape index (κ2) is 4.22. The number of nitrogens with one attached hydrogen (secondary N) is 1. The summed E-state index contributed by atoms with van der Waals surface area (Å²) in [5.41, 5.74) is -0.344. The molecule has 2 rings (SSSR count). The molecular weight excluding hydrogens is 262 g/mol. The maximum absolute atomic E-state index is 11.4. The Kier molecular flexibility index (Phi) is 2.95. The van der Waals surface area contributed by atoms with Crippen molar-refractivity contribution in [2.45, 2.75) is 19.3 Å². The number of rotatable bonds is 1. The number of anilines is 1. The van der Waals surface area contributed by atoms with Gasteiger partial charge in [0, 0.05) is 13.1 Å². The van der Waals surface area contributed by atoms with Gasteiger partial charge >= 0.3 is 0 Å². The van der Waals surface area contributed by atoms with E-state index in [4.69, 9.17) is 0 Å². The molecule has 0 saturated carbocycles. The summed E-state index contributed by atoms with van der Waals surface area (Å²) in [5, 5.41) is 9.41. The van der Waals surface area contributed by atoms with Crippen LogP contribution >= 0.6 is 15.9 Å². The lowest BCUT2D eigenvalue weighted by Gasteiger charge is -2.26. The highest BCUT2D eigenvalue weighted by atomic mass is 79.9. The first-order valence-electron chi connectivity index (χ1n) is 4.92. The molecule has 1 fully saturated rings. The Morgan fingerprint density at radius 1 is 1.33 bits per heavy atom. The van der Waals surface area contributed by atoms with Crippen LogP contribution in [0.15, 0.2) is 9.27 Å². The fourth-order valence-corrected chi connectivity index (χ4v) is 1.88. The third kappa shape index (κ3) is 2.14. The SMILES string of the molecule is O=c1[nH]c(N2CCCCC2)nc(O)c1Br. The van der Waals surface area contributed by atoms with Crippen LogP contribution in [0.1, 0.15) is 19.3 Å². The Hall–Kier alpha value is -1.04. The van der Waals surface area contributed by atoms with E-state index in [9.17, 15) is 9.90 Å². The molecule has 1 saturated heterocycles. The van der Waals surface area contributed by atoms with Crippen LogP contribution in [-0.4, -0.2) is 28.2 Å². The molecule has 0 radical (unpaired) electrons. The fraction of sp³-hybridized carbons (Fsp3) is 0.556. The predicted molar refractivity (Wildman–Crippen MR) is 60.3 cm³/mol.